The summed E-state index contributed by atoms with van der Waals surface area (Å²) in [7, 11) is 0. The van der Waals surface area contributed by atoms with Gasteiger partial charge in [0.2, 0.25) is 0 Å². The lowest BCUT2D eigenvalue weighted by Gasteiger charge is -2.06. The molecule has 0 saturated heterocycles. The molecule has 3 heterocycles. The molecule has 0 bridgehead atoms. The molecule has 5 nitrogen and oxygen atoms in total. The lowest BCUT2D eigenvalue weighted by Crippen LogP contribution is -2.03. The maximum Gasteiger partial charge on any atom is 0.320 e. The van der Waals surface area contributed by atoms with Crippen LogP contribution in [0.5, 0.6) is 0 Å². The summed E-state index contributed by atoms with van der Waals surface area (Å²) in [6.45, 7) is 0.986. The predicted octanol–water partition coefficient (Wildman–Crippen LogP) is 4.82. The number of hydrogen-bond acceptors (Lipinski definition) is 4. The van der Waals surface area contributed by atoms with Crippen molar-refractivity contribution >= 4 is 39.0 Å². The van der Waals surface area contributed by atoms with Gasteiger partial charge >= 0.3 is 6.55 Å². The van der Waals surface area contributed by atoms with Gasteiger partial charge in [-0.2, -0.15) is 14.0 Å². The van der Waals surface area contributed by atoms with Gasteiger partial charge in [0.05, 0.1) is 28.0 Å². The van der Waals surface area contributed by atoms with Gasteiger partial charge < -0.3 is 0 Å². The Balaban J connectivity index is 1.97. The van der Waals surface area contributed by atoms with E-state index in [4.69, 9.17) is 0 Å². The second-order valence-electron chi connectivity index (χ2n) is 5.82. The van der Waals surface area contributed by atoms with E-state index in [2.05, 4.69) is 9.97 Å². The van der Waals surface area contributed by atoms with E-state index < -0.39 is 6.55 Å². The van der Waals surface area contributed by atoms with Crippen molar-refractivity contribution in [2.24, 2.45) is 0 Å². The monoisotopic (exact) mass is 369 g/mol. The Hall–Kier alpha value is -3.05. The number of nitrogens with zero attached hydrogens (tertiary/aromatic N) is 5. The highest BCUT2D eigenvalue weighted by Crippen LogP contribution is 2.29. The average Bonchev–Trinajstić information content (AvgIpc) is 3.23. The van der Waals surface area contributed by atoms with Gasteiger partial charge in [-0.1, -0.05) is 12.1 Å². The maximum atomic E-state index is 13.7. The lowest BCUT2D eigenvalue weighted by atomic mass is 10.2. The van der Waals surface area contributed by atoms with Crippen LogP contribution in [0.3, 0.4) is 0 Å². The first-order chi connectivity index (χ1) is 12.5. The largest absolute Gasteiger partial charge is 0.320 e. The van der Waals surface area contributed by atoms with Crippen LogP contribution in [0.15, 0.2) is 30.5 Å². The van der Waals surface area contributed by atoms with Gasteiger partial charge in [0.25, 0.3) is 0 Å². The Morgan fingerprint density at radius 1 is 1.27 bits per heavy atom. The topological polar surface area (TPSA) is 58.9 Å². The van der Waals surface area contributed by atoms with E-state index in [9.17, 15) is 14.0 Å². The van der Waals surface area contributed by atoms with Crippen molar-refractivity contribution in [3.8, 4) is 6.07 Å². The van der Waals surface area contributed by atoms with Crippen molar-refractivity contribution in [2.75, 3.05) is 0 Å². The molecule has 0 fully saturated rings. The van der Waals surface area contributed by atoms with Crippen molar-refractivity contribution in [3.05, 3.63) is 52.6 Å². The molecule has 0 spiro atoms. The molecule has 0 atom stereocenters. The average molecular weight is 369 g/mol. The number of aromatic nitrogens is 4. The van der Waals surface area contributed by atoms with E-state index in [1.54, 1.807) is 30.3 Å². The molecule has 0 aliphatic carbocycles. The fraction of sp³-hybridized carbons (Fsp3) is 0.167. The van der Waals surface area contributed by atoms with E-state index in [0.717, 1.165) is 20.1 Å². The molecule has 8 heteroatoms. The molecule has 0 amide bonds. The number of imidazole rings is 2. The minimum Gasteiger partial charge on any atom is -0.290 e. The molecule has 0 unspecified atom stereocenters. The van der Waals surface area contributed by atoms with Crippen molar-refractivity contribution in [2.45, 2.75) is 20.4 Å². The third-order valence-corrected chi connectivity index (χ3v) is 4.99. The van der Waals surface area contributed by atoms with E-state index >= 15 is 0 Å². The smallest absolute Gasteiger partial charge is 0.290 e. The highest BCUT2D eigenvalue weighted by Gasteiger charge is 2.21. The number of para-hydroxylation sites is 2. The summed E-state index contributed by atoms with van der Waals surface area (Å²) in [5.74, 6) is -0.0509. The van der Waals surface area contributed by atoms with Crippen LogP contribution in [0.2, 0.25) is 0 Å². The van der Waals surface area contributed by atoms with Gasteiger partial charge in [-0.3, -0.25) is 8.97 Å². The predicted molar refractivity (Wildman–Crippen MR) is 97.0 cm³/mol. The summed E-state index contributed by atoms with van der Waals surface area (Å²) >= 11 is 1.53. The molecule has 3 aromatic heterocycles. The standard InChI is InChI=1S/C18H13F2N5S/c1-10-9-24-15(11(2)22-18(24)26-10)7-12(8-21)16-23-13-5-3-4-6-14(13)25(16)17(19)20/h3-7,9,17H,1-2H3/b12-7+. The maximum absolute atomic E-state index is 13.7. The van der Waals surface area contributed by atoms with Crippen LogP contribution < -0.4 is 0 Å². The summed E-state index contributed by atoms with van der Waals surface area (Å²) in [6.07, 6.45) is 3.48. The first-order valence-corrected chi connectivity index (χ1v) is 8.63. The highest BCUT2D eigenvalue weighted by atomic mass is 32.1. The van der Waals surface area contributed by atoms with Gasteiger partial charge in [-0.25, -0.2) is 9.97 Å². The Labute approximate surface area is 151 Å². The minimum atomic E-state index is -2.80. The molecule has 0 N–H and O–H groups in total. The molecule has 0 radical (unpaired) electrons. The Morgan fingerprint density at radius 3 is 2.77 bits per heavy atom. The SMILES string of the molecule is Cc1cn2c(/C=C(\C#N)c3nc4ccccc4n3C(F)F)c(C)nc2s1. The zero-order valence-electron chi connectivity index (χ0n) is 13.9. The summed E-state index contributed by atoms with van der Waals surface area (Å²) in [5.41, 5.74) is 2.19. The van der Waals surface area contributed by atoms with Crippen LogP contribution in [0, 0.1) is 25.2 Å². The second kappa shape index (κ2) is 6.04. The van der Waals surface area contributed by atoms with Crippen LogP contribution in [0.25, 0.3) is 27.6 Å². The van der Waals surface area contributed by atoms with Crippen molar-refractivity contribution in [1.82, 2.24) is 18.9 Å². The summed E-state index contributed by atoms with van der Waals surface area (Å²) < 4.78 is 30.0. The van der Waals surface area contributed by atoms with Gasteiger partial charge in [0.15, 0.2) is 10.8 Å². The number of alkyl halides is 2. The Bertz CT molecular complexity index is 1210. The lowest BCUT2D eigenvalue weighted by molar-refractivity contribution is 0.0738. The second-order valence-corrected chi connectivity index (χ2v) is 7.03. The van der Waals surface area contributed by atoms with Crippen molar-refractivity contribution in [3.63, 3.8) is 0 Å². The van der Waals surface area contributed by atoms with E-state index in [1.165, 1.54) is 11.3 Å². The van der Waals surface area contributed by atoms with Gasteiger partial charge in [-0.15, -0.1) is 11.3 Å². The normalized spacial score (nSPS) is 12.4. The van der Waals surface area contributed by atoms with Crippen LogP contribution >= 0.6 is 11.3 Å². The molecule has 4 aromatic rings. The van der Waals surface area contributed by atoms with Crippen LogP contribution in [-0.4, -0.2) is 18.9 Å². The fourth-order valence-electron chi connectivity index (χ4n) is 2.97. The molecular formula is C18H13F2N5S. The number of aryl methyl sites for hydroxylation is 2. The van der Waals surface area contributed by atoms with Crippen molar-refractivity contribution < 1.29 is 8.78 Å². The molecule has 130 valence electrons. The van der Waals surface area contributed by atoms with Crippen LogP contribution in [0.4, 0.5) is 8.78 Å². The molecule has 4 rings (SSSR count). The first-order valence-electron chi connectivity index (χ1n) is 7.82. The Morgan fingerprint density at radius 2 is 2.04 bits per heavy atom. The number of thiazole rings is 1. The first kappa shape index (κ1) is 16.4. The molecule has 1 aromatic carbocycles. The van der Waals surface area contributed by atoms with Gasteiger partial charge in [-0.05, 0) is 32.1 Å². The third kappa shape index (κ3) is 2.48. The molecule has 0 saturated carbocycles. The zero-order valence-corrected chi connectivity index (χ0v) is 14.8. The fourth-order valence-corrected chi connectivity index (χ4v) is 3.85. The van der Waals surface area contributed by atoms with E-state index in [-0.39, 0.29) is 11.4 Å². The molecule has 0 aliphatic heterocycles. The Kier molecular flexibility index (Phi) is 3.81. The number of fused-ring (bicyclic) bond motifs is 2. The number of rotatable bonds is 3. The molecular weight excluding hydrogens is 356 g/mol. The third-order valence-electron chi connectivity index (χ3n) is 4.10. The summed E-state index contributed by atoms with van der Waals surface area (Å²) in [5, 5.41) is 9.63. The van der Waals surface area contributed by atoms with Gasteiger partial charge in [0, 0.05) is 11.1 Å². The number of hydrogen-bond donors (Lipinski definition) is 0. The minimum absolute atomic E-state index is 0.0509. The number of allylic oxidation sites excluding steroid dienone is 1. The van der Waals surface area contributed by atoms with E-state index in [1.807, 2.05) is 30.5 Å². The zero-order chi connectivity index (χ0) is 18.4. The van der Waals surface area contributed by atoms with Gasteiger partial charge in [0.1, 0.15) is 6.07 Å². The van der Waals surface area contributed by atoms with Crippen LogP contribution in [-0.2, 0) is 0 Å². The summed E-state index contributed by atoms with van der Waals surface area (Å²) in [4.78, 5) is 10.6. The van der Waals surface area contributed by atoms with Crippen LogP contribution in [0.1, 0.15) is 28.6 Å². The van der Waals surface area contributed by atoms with E-state index in [0.29, 0.717) is 16.7 Å². The quantitative estimate of drug-likeness (QED) is 0.486. The molecule has 0 aliphatic rings. The number of halogens is 2. The molecule has 26 heavy (non-hydrogen) atoms. The number of benzene rings is 1. The number of nitriles is 1. The van der Waals surface area contributed by atoms with Crippen molar-refractivity contribution in [1.29, 1.82) is 5.26 Å². The summed E-state index contributed by atoms with van der Waals surface area (Å²) in [6, 6.07) is 8.63. The highest BCUT2D eigenvalue weighted by molar-refractivity contribution is 7.17.